The van der Waals surface area contributed by atoms with Crippen LogP contribution in [0.4, 0.5) is 4.39 Å². The average Bonchev–Trinajstić information content (AvgIpc) is 3.10. The van der Waals surface area contributed by atoms with Crippen LogP contribution in [-0.4, -0.2) is 48.2 Å². The summed E-state index contributed by atoms with van der Waals surface area (Å²) in [5.74, 6) is 1.25. The molecule has 0 bridgehead atoms. The SMILES string of the molecule is CCNC(=NCCc1ccc(Oc2ccccc2)c(F)c1)N1CC[C@@H](O)C1. The number of nitrogens with zero attached hydrogens (tertiary/aromatic N) is 2. The Bertz CT molecular complexity index is 767. The zero-order valence-electron chi connectivity index (χ0n) is 15.6. The van der Waals surface area contributed by atoms with Crippen molar-refractivity contribution in [2.45, 2.75) is 25.9 Å². The van der Waals surface area contributed by atoms with E-state index in [4.69, 9.17) is 4.74 Å². The minimum atomic E-state index is -0.380. The zero-order chi connectivity index (χ0) is 19.1. The van der Waals surface area contributed by atoms with E-state index in [1.807, 2.05) is 31.2 Å². The minimum absolute atomic E-state index is 0.216. The van der Waals surface area contributed by atoms with E-state index < -0.39 is 0 Å². The van der Waals surface area contributed by atoms with Gasteiger partial charge in [-0.1, -0.05) is 24.3 Å². The van der Waals surface area contributed by atoms with Crippen LogP contribution in [0.15, 0.2) is 53.5 Å². The van der Waals surface area contributed by atoms with Crippen molar-refractivity contribution in [1.29, 1.82) is 0 Å². The maximum absolute atomic E-state index is 14.3. The lowest BCUT2D eigenvalue weighted by Gasteiger charge is -2.20. The van der Waals surface area contributed by atoms with Crippen LogP contribution in [0.2, 0.25) is 0 Å². The number of aliphatic hydroxyl groups is 1. The number of β-amino-alcohol motifs (C(OH)–C–C–N with tert-alkyl or cyclic N) is 1. The fourth-order valence-corrected chi connectivity index (χ4v) is 3.05. The maximum atomic E-state index is 14.3. The first-order chi connectivity index (χ1) is 13.2. The topological polar surface area (TPSA) is 57.1 Å². The molecule has 5 nitrogen and oxygen atoms in total. The average molecular weight is 371 g/mol. The Kier molecular flexibility index (Phi) is 6.65. The third-order valence-corrected chi connectivity index (χ3v) is 4.43. The zero-order valence-corrected chi connectivity index (χ0v) is 15.6. The number of ether oxygens (including phenoxy) is 1. The molecule has 1 aliphatic rings. The highest BCUT2D eigenvalue weighted by molar-refractivity contribution is 5.80. The van der Waals surface area contributed by atoms with E-state index in [0.29, 0.717) is 25.3 Å². The lowest BCUT2D eigenvalue weighted by molar-refractivity contribution is 0.188. The van der Waals surface area contributed by atoms with E-state index in [2.05, 4.69) is 15.2 Å². The van der Waals surface area contributed by atoms with Crippen molar-refractivity contribution < 1.29 is 14.2 Å². The molecular weight excluding hydrogens is 345 g/mol. The molecule has 27 heavy (non-hydrogen) atoms. The molecule has 0 aromatic heterocycles. The van der Waals surface area contributed by atoms with Crippen molar-refractivity contribution >= 4 is 5.96 Å². The van der Waals surface area contributed by atoms with Gasteiger partial charge in [0.15, 0.2) is 17.5 Å². The van der Waals surface area contributed by atoms with Crippen molar-refractivity contribution in [3.05, 3.63) is 59.9 Å². The minimum Gasteiger partial charge on any atom is -0.454 e. The Balaban J connectivity index is 1.59. The van der Waals surface area contributed by atoms with Crippen molar-refractivity contribution in [2.75, 3.05) is 26.2 Å². The molecule has 2 aromatic carbocycles. The van der Waals surface area contributed by atoms with Gasteiger partial charge >= 0.3 is 0 Å². The molecule has 6 heteroatoms. The van der Waals surface area contributed by atoms with Crippen LogP contribution in [-0.2, 0) is 6.42 Å². The summed E-state index contributed by atoms with van der Waals surface area (Å²) in [6.45, 7) is 4.74. The number of hydrogen-bond acceptors (Lipinski definition) is 3. The summed E-state index contributed by atoms with van der Waals surface area (Å²) in [4.78, 5) is 6.67. The summed E-state index contributed by atoms with van der Waals surface area (Å²) in [6, 6.07) is 14.2. The summed E-state index contributed by atoms with van der Waals surface area (Å²) in [6.07, 6.45) is 1.10. The summed E-state index contributed by atoms with van der Waals surface area (Å²) < 4.78 is 19.9. The van der Waals surface area contributed by atoms with Gasteiger partial charge in [0.2, 0.25) is 0 Å². The van der Waals surface area contributed by atoms with Crippen LogP contribution in [0.5, 0.6) is 11.5 Å². The van der Waals surface area contributed by atoms with Gasteiger partial charge in [0.1, 0.15) is 5.75 Å². The highest BCUT2D eigenvalue weighted by atomic mass is 19.1. The van der Waals surface area contributed by atoms with E-state index in [9.17, 15) is 9.50 Å². The van der Waals surface area contributed by atoms with Crippen molar-refractivity contribution in [3.63, 3.8) is 0 Å². The Labute approximate surface area is 159 Å². The van der Waals surface area contributed by atoms with Crippen molar-refractivity contribution in [1.82, 2.24) is 10.2 Å². The molecule has 0 saturated carbocycles. The Morgan fingerprint density at radius 2 is 2.11 bits per heavy atom. The van der Waals surface area contributed by atoms with Crippen molar-refractivity contribution in [2.24, 2.45) is 4.99 Å². The fraction of sp³-hybridized carbons (Fsp3) is 0.381. The molecule has 144 valence electrons. The molecule has 1 heterocycles. The molecule has 2 N–H and O–H groups in total. The molecular formula is C21H26FN3O2. The molecule has 2 aromatic rings. The van der Waals surface area contributed by atoms with Gasteiger partial charge in [0, 0.05) is 26.2 Å². The Morgan fingerprint density at radius 1 is 1.30 bits per heavy atom. The lowest BCUT2D eigenvalue weighted by Crippen LogP contribution is -2.40. The molecule has 0 unspecified atom stereocenters. The first-order valence-corrected chi connectivity index (χ1v) is 9.38. The van der Waals surface area contributed by atoms with Crippen LogP contribution in [0.3, 0.4) is 0 Å². The second-order valence-electron chi connectivity index (χ2n) is 6.55. The molecule has 0 aliphatic carbocycles. The standard InChI is InChI=1S/C21H26FN3O2/c1-2-23-21(25-13-11-17(26)15-25)24-12-10-16-8-9-20(19(22)14-16)27-18-6-4-3-5-7-18/h3-9,14,17,26H,2,10-13,15H2,1H3,(H,23,24)/t17-/m1/s1. The van der Waals surface area contributed by atoms with Gasteiger partial charge in [-0.25, -0.2) is 4.39 Å². The Hall–Kier alpha value is -2.60. The number of nitrogens with one attached hydrogen (secondary N) is 1. The number of benzene rings is 2. The predicted octanol–water partition coefficient (Wildman–Crippen LogP) is 3.19. The van der Waals surface area contributed by atoms with E-state index in [-0.39, 0.29) is 17.7 Å². The van der Waals surface area contributed by atoms with Crippen LogP contribution in [0.25, 0.3) is 0 Å². The smallest absolute Gasteiger partial charge is 0.194 e. The molecule has 0 amide bonds. The largest absolute Gasteiger partial charge is 0.454 e. The van der Waals surface area contributed by atoms with Gasteiger partial charge in [-0.15, -0.1) is 0 Å². The van der Waals surface area contributed by atoms with Crippen LogP contribution >= 0.6 is 0 Å². The van der Waals surface area contributed by atoms with Crippen LogP contribution in [0.1, 0.15) is 18.9 Å². The van der Waals surface area contributed by atoms with Crippen LogP contribution in [0, 0.1) is 5.82 Å². The number of guanidine groups is 1. The fourth-order valence-electron chi connectivity index (χ4n) is 3.05. The molecule has 1 saturated heterocycles. The van der Waals surface area contributed by atoms with E-state index in [1.165, 1.54) is 6.07 Å². The third-order valence-electron chi connectivity index (χ3n) is 4.43. The summed E-state index contributed by atoms with van der Waals surface area (Å²) in [7, 11) is 0. The first kappa shape index (κ1) is 19.2. The quantitative estimate of drug-likeness (QED) is 0.605. The maximum Gasteiger partial charge on any atom is 0.194 e. The van der Waals surface area contributed by atoms with Gasteiger partial charge in [-0.2, -0.15) is 0 Å². The second-order valence-corrected chi connectivity index (χ2v) is 6.55. The van der Waals surface area contributed by atoms with E-state index in [0.717, 1.165) is 31.0 Å². The van der Waals surface area contributed by atoms with Gasteiger partial charge < -0.3 is 20.1 Å². The Morgan fingerprint density at radius 3 is 2.78 bits per heavy atom. The number of rotatable bonds is 6. The monoisotopic (exact) mass is 371 g/mol. The number of hydrogen-bond donors (Lipinski definition) is 2. The summed E-state index contributed by atoms with van der Waals surface area (Å²) in [5.41, 5.74) is 0.869. The summed E-state index contributed by atoms with van der Waals surface area (Å²) in [5, 5.41) is 13.0. The van der Waals surface area contributed by atoms with Crippen LogP contribution < -0.4 is 10.1 Å². The molecule has 1 aliphatic heterocycles. The molecule has 3 rings (SSSR count). The van der Waals surface area contributed by atoms with Crippen molar-refractivity contribution in [3.8, 4) is 11.5 Å². The highest BCUT2D eigenvalue weighted by Crippen LogP contribution is 2.25. The number of aliphatic hydroxyl groups excluding tert-OH is 1. The summed E-state index contributed by atoms with van der Waals surface area (Å²) >= 11 is 0. The number of halogens is 1. The molecule has 0 radical (unpaired) electrons. The highest BCUT2D eigenvalue weighted by Gasteiger charge is 2.22. The van der Waals surface area contributed by atoms with Gasteiger partial charge in [-0.05, 0) is 49.6 Å². The number of likely N-dealkylation sites (tertiary alicyclic amines) is 1. The second kappa shape index (κ2) is 9.37. The lowest BCUT2D eigenvalue weighted by atomic mass is 10.1. The van der Waals surface area contributed by atoms with Gasteiger partial charge in [0.05, 0.1) is 6.10 Å². The molecule has 1 fully saturated rings. The first-order valence-electron chi connectivity index (χ1n) is 9.38. The van der Waals surface area contributed by atoms with Gasteiger partial charge in [0.25, 0.3) is 0 Å². The number of aliphatic imine (C=N–C) groups is 1. The predicted molar refractivity (Wildman–Crippen MR) is 105 cm³/mol. The van der Waals surface area contributed by atoms with E-state index >= 15 is 0 Å². The molecule has 1 atom stereocenters. The molecule has 0 spiro atoms. The normalized spacial score (nSPS) is 17.2. The van der Waals surface area contributed by atoms with Gasteiger partial charge in [-0.3, -0.25) is 4.99 Å². The third kappa shape index (κ3) is 5.44. The van der Waals surface area contributed by atoms with E-state index in [1.54, 1.807) is 18.2 Å². The number of para-hydroxylation sites is 1.